The van der Waals surface area contributed by atoms with Gasteiger partial charge in [0, 0.05) is 16.6 Å². The zero-order chi connectivity index (χ0) is 22.7. The normalized spacial score (nSPS) is 10.7. The van der Waals surface area contributed by atoms with Crippen LogP contribution in [0.1, 0.15) is 16.2 Å². The summed E-state index contributed by atoms with van der Waals surface area (Å²) < 4.78 is 11.8. The Morgan fingerprint density at radius 2 is 1.62 bits per heavy atom. The number of aromatic nitrogens is 2. The van der Waals surface area contributed by atoms with E-state index in [1.807, 2.05) is 48.5 Å². The second kappa shape index (κ2) is 9.60. The number of phenols is 1. The van der Waals surface area contributed by atoms with Crippen molar-refractivity contribution < 1.29 is 19.2 Å². The summed E-state index contributed by atoms with van der Waals surface area (Å²) in [5, 5.41) is 16.2. The minimum absolute atomic E-state index is 0.0378. The van der Waals surface area contributed by atoms with Crippen LogP contribution in [0.5, 0.6) is 17.2 Å². The summed E-state index contributed by atoms with van der Waals surface area (Å²) >= 11 is 15.2. The largest absolute Gasteiger partial charge is 0.505 e. The van der Waals surface area contributed by atoms with Crippen LogP contribution in [0.25, 0.3) is 11.4 Å². The number of halogens is 3. The van der Waals surface area contributed by atoms with E-state index in [4.69, 9.17) is 32.5 Å². The van der Waals surface area contributed by atoms with E-state index < -0.39 is 5.91 Å². The van der Waals surface area contributed by atoms with Gasteiger partial charge in [-0.25, -0.2) is 0 Å². The van der Waals surface area contributed by atoms with E-state index in [0.717, 1.165) is 15.8 Å². The summed E-state index contributed by atoms with van der Waals surface area (Å²) in [5.41, 5.74) is 1.26. The Balaban J connectivity index is 1.36. The molecule has 4 rings (SSSR count). The highest BCUT2D eigenvalue weighted by Gasteiger charge is 2.18. The van der Waals surface area contributed by atoms with Crippen molar-refractivity contribution in [3.05, 3.63) is 86.6 Å². The van der Waals surface area contributed by atoms with Crippen molar-refractivity contribution in [3.8, 4) is 28.6 Å². The number of hydrogen-bond donors (Lipinski definition) is 2. The van der Waals surface area contributed by atoms with Crippen LogP contribution in [0.4, 0.5) is 0 Å². The first-order valence-electron chi connectivity index (χ1n) is 9.21. The molecule has 7 nitrogen and oxygen atoms in total. The number of hydrogen-bond acceptors (Lipinski definition) is 6. The number of nitrogens with one attached hydrogen (secondary N) is 1. The maximum atomic E-state index is 12.4. The van der Waals surface area contributed by atoms with E-state index in [1.54, 1.807) is 0 Å². The minimum Gasteiger partial charge on any atom is -0.505 e. The number of carbonyl (C=O) groups excluding carboxylic acids is 1. The Kier molecular flexibility index (Phi) is 6.64. The van der Waals surface area contributed by atoms with E-state index in [1.165, 1.54) is 12.1 Å². The lowest BCUT2D eigenvalue weighted by Gasteiger charge is -2.07. The van der Waals surface area contributed by atoms with Gasteiger partial charge in [0.15, 0.2) is 5.75 Å². The van der Waals surface area contributed by atoms with Crippen molar-refractivity contribution in [1.82, 2.24) is 15.5 Å². The lowest BCUT2D eigenvalue weighted by atomic mass is 10.2. The van der Waals surface area contributed by atoms with Crippen LogP contribution in [0.3, 0.4) is 0 Å². The average Bonchev–Trinajstić information content (AvgIpc) is 3.28. The van der Waals surface area contributed by atoms with Crippen LogP contribution in [0.2, 0.25) is 10.0 Å². The van der Waals surface area contributed by atoms with Crippen molar-refractivity contribution in [2.75, 3.05) is 0 Å². The van der Waals surface area contributed by atoms with E-state index in [-0.39, 0.29) is 34.1 Å². The van der Waals surface area contributed by atoms with Gasteiger partial charge < -0.3 is 19.7 Å². The van der Waals surface area contributed by atoms with Gasteiger partial charge in [-0.3, -0.25) is 4.79 Å². The van der Waals surface area contributed by atoms with Crippen LogP contribution in [-0.2, 0) is 6.54 Å². The summed E-state index contributed by atoms with van der Waals surface area (Å²) in [6, 6.07) is 17.7. The smallest absolute Gasteiger partial charge is 0.316 e. The van der Waals surface area contributed by atoms with E-state index in [0.29, 0.717) is 11.3 Å². The summed E-state index contributed by atoms with van der Waals surface area (Å²) in [6.45, 7) is 0.256. The molecule has 0 aliphatic heterocycles. The molecule has 32 heavy (non-hydrogen) atoms. The average molecular weight is 535 g/mol. The van der Waals surface area contributed by atoms with Gasteiger partial charge in [0.05, 0.1) is 10.0 Å². The Labute approximate surface area is 201 Å². The van der Waals surface area contributed by atoms with Gasteiger partial charge in [-0.2, -0.15) is 4.98 Å². The molecule has 0 spiro atoms. The third-order valence-electron chi connectivity index (χ3n) is 4.32. The van der Waals surface area contributed by atoms with Crippen LogP contribution >= 0.6 is 39.1 Å². The molecule has 0 saturated heterocycles. The summed E-state index contributed by atoms with van der Waals surface area (Å²) in [7, 11) is 0. The number of benzene rings is 3. The number of carbonyl (C=O) groups is 1. The molecule has 0 saturated carbocycles. The zero-order valence-electron chi connectivity index (χ0n) is 16.2. The molecule has 3 aromatic carbocycles. The number of aromatic hydroxyl groups is 1. The quantitative estimate of drug-likeness (QED) is 0.304. The van der Waals surface area contributed by atoms with Crippen molar-refractivity contribution >= 4 is 45.0 Å². The van der Waals surface area contributed by atoms with Crippen molar-refractivity contribution in [2.24, 2.45) is 0 Å². The fraction of sp³-hybridized carbons (Fsp3) is 0.0455. The number of rotatable bonds is 6. The number of phenolic OH excluding ortho intramolecular Hbond substituents is 1. The second-order valence-corrected chi connectivity index (χ2v) is 8.32. The minimum atomic E-state index is -0.532. The molecule has 0 bridgehead atoms. The maximum absolute atomic E-state index is 12.4. The molecular formula is C22H14BrCl2N3O4. The fourth-order valence-corrected chi connectivity index (χ4v) is 3.45. The van der Waals surface area contributed by atoms with Crippen LogP contribution in [-0.4, -0.2) is 21.2 Å². The lowest BCUT2D eigenvalue weighted by molar-refractivity contribution is 0.0907. The predicted octanol–water partition coefficient (Wildman–Crippen LogP) is 6.23. The highest BCUT2D eigenvalue weighted by atomic mass is 79.9. The van der Waals surface area contributed by atoms with Gasteiger partial charge in [0.1, 0.15) is 11.5 Å². The molecule has 0 radical (unpaired) electrons. The first kappa shape index (κ1) is 22.1. The van der Waals surface area contributed by atoms with Crippen LogP contribution in [0, 0.1) is 0 Å². The summed E-state index contributed by atoms with van der Waals surface area (Å²) in [4.78, 5) is 16.4. The zero-order valence-corrected chi connectivity index (χ0v) is 19.3. The van der Waals surface area contributed by atoms with E-state index in [9.17, 15) is 9.90 Å². The molecular weight excluding hydrogens is 521 g/mol. The summed E-state index contributed by atoms with van der Waals surface area (Å²) in [6.07, 6.45) is 0. The third kappa shape index (κ3) is 5.21. The highest BCUT2D eigenvalue weighted by molar-refractivity contribution is 9.10. The molecule has 1 amide bonds. The Morgan fingerprint density at radius 1 is 1.03 bits per heavy atom. The van der Waals surface area contributed by atoms with Gasteiger partial charge in [-0.15, -0.1) is 0 Å². The van der Waals surface area contributed by atoms with Gasteiger partial charge in [-0.1, -0.05) is 56.4 Å². The third-order valence-corrected chi connectivity index (χ3v) is 5.43. The summed E-state index contributed by atoms with van der Waals surface area (Å²) in [5.74, 6) is 0.526. The van der Waals surface area contributed by atoms with E-state index in [2.05, 4.69) is 31.4 Å². The number of amides is 1. The van der Waals surface area contributed by atoms with Crippen LogP contribution < -0.4 is 10.1 Å². The van der Waals surface area contributed by atoms with Gasteiger partial charge in [0.2, 0.25) is 5.82 Å². The lowest BCUT2D eigenvalue weighted by Crippen LogP contribution is -2.23. The molecule has 0 unspecified atom stereocenters. The van der Waals surface area contributed by atoms with Crippen molar-refractivity contribution in [3.63, 3.8) is 0 Å². The molecule has 4 aromatic rings. The maximum Gasteiger partial charge on any atom is 0.316 e. The molecule has 1 aromatic heterocycles. The van der Waals surface area contributed by atoms with Crippen LogP contribution in [0.15, 0.2) is 69.7 Å². The van der Waals surface area contributed by atoms with Crippen molar-refractivity contribution in [1.29, 1.82) is 0 Å². The molecule has 162 valence electrons. The first-order valence-corrected chi connectivity index (χ1v) is 10.8. The SMILES string of the molecule is O=C(NCc1ccc(Oc2ccc(Br)cc2)cc1)c1nc(-c2cc(Cl)c(O)c(Cl)c2)no1. The van der Waals surface area contributed by atoms with Gasteiger partial charge >= 0.3 is 11.8 Å². The Morgan fingerprint density at radius 3 is 2.25 bits per heavy atom. The first-order chi connectivity index (χ1) is 15.4. The second-order valence-electron chi connectivity index (χ2n) is 6.59. The molecule has 10 heteroatoms. The Bertz CT molecular complexity index is 1240. The van der Waals surface area contributed by atoms with Crippen molar-refractivity contribution in [2.45, 2.75) is 6.54 Å². The van der Waals surface area contributed by atoms with Gasteiger partial charge in [-0.05, 0) is 54.1 Å². The topological polar surface area (TPSA) is 97.5 Å². The predicted molar refractivity (Wildman–Crippen MR) is 123 cm³/mol. The Hall–Kier alpha value is -3.07. The number of nitrogens with zero attached hydrogens (tertiary/aromatic N) is 2. The molecule has 0 aliphatic rings. The van der Waals surface area contributed by atoms with Gasteiger partial charge in [0.25, 0.3) is 0 Å². The molecule has 1 heterocycles. The molecule has 0 atom stereocenters. The fourth-order valence-electron chi connectivity index (χ4n) is 2.70. The van der Waals surface area contributed by atoms with E-state index >= 15 is 0 Å². The molecule has 0 fully saturated rings. The molecule has 0 aliphatic carbocycles. The standard InChI is InChI=1S/C22H14BrCl2N3O4/c23-14-3-7-16(8-4-14)31-15-5-1-12(2-6-15)11-26-21(30)22-27-20(28-32-22)13-9-17(24)19(29)18(25)10-13/h1-10,29H,11H2,(H,26,30). The monoisotopic (exact) mass is 533 g/mol. The highest BCUT2D eigenvalue weighted by Crippen LogP contribution is 2.35. The molecule has 2 N–H and O–H groups in total. The number of ether oxygens (including phenoxy) is 1.